The molecule has 0 radical (unpaired) electrons. The molecule has 1 aromatic carbocycles. The number of methoxy groups -OCH3 is 1. The quantitative estimate of drug-likeness (QED) is 0.592. The number of rotatable bonds is 9. The zero-order chi connectivity index (χ0) is 23.1. The van der Waals surface area contributed by atoms with Crippen LogP contribution < -0.4 is 19.7 Å². The van der Waals surface area contributed by atoms with Crippen LogP contribution in [0.5, 0.6) is 11.8 Å². The summed E-state index contributed by atoms with van der Waals surface area (Å²) in [5.41, 5.74) is 0.834. The number of carboxylic acids is 1. The summed E-state index contributed by atoms with van der Waals surface area (Å²) in [5.74, 6) is 0.190. The van der Waals surface area contributed by atoms with Crippen molar-refractivity contribution in [2.75, 3.05) is 37.0 Å². The van der Waals surface area contributed by atoms with Gasteiger partial charge in [0.25, 0.3) is 0 Å². The maximum atomic E-state index is 12.3. The number of piperidine rings is 1. The van der Waals surface area contributed by atoms with Crippen LogP contribution in [0.1, 0.15) is 24.8 Å². The minimum absolute atomic E-state index is 0.0583. The number of carboxylic acid groups (broad SMARTS) is 1. The highest BCUT2D eigenvalue weighted by molar-refractivity contribution is 5.67. The maximum Gasteiger partial charge on any atom is 0.573 e. The second-order valence-corrected chi connectivity index (χ2v) is 7.52. The van der Waals surface area contributed by atoms with Crippen molar-refractivity contribution in [2.24, 2.45) is 5.92 Å². The van der Waals surface area contributed by atoms with Crippen LogP contribution in [0.25, 0.3) is 0 Å². The van der Waals surface area contributed by atoms with Gasteiger partial charge >= 0.3 is 18.3 Å². The first-order valence-corrected chi connectivity index (χ1v) is 10.2. The van der Waals surface area contributed by atoms with Gasteiger partial charge in [-0.3, -0.25) is 4.79 Å². The van der Waals surface area contributed by atoms with Gasteiger partial charge in [-0.1, -0.05) is 12.1 Å². The Labute approximate surface area is 183 Å². The molecule has 174 valence electrons. The number of hydrogen-bond donors (Lipinski definition) is 2. The predicted molar refractivity (Wildman–Crippen MR) is 111 cm³/mol. The first-order valence-electron chi connectivity index (χ1n) is 10.2. The number of halogens is 3. The van der Waals surface area contributed by atoms with Crippen LogP contribution in [0, 0.1) is 5.92 Å². The van der Waals surface area contributed by atoms with Crippen molar-refractivity contribution in [1.29, 1.82) is 0 Å². The summed E-state index contributed by atoms with van der Waals surface area (Å²) in [6.07, 6.45) is -2.30. The molecule has 1 fully saturated rings. The first kappa shape index (κ1) is 23.4. The third kappa shape index (κ3) is 7.17. The molecule has 1 aliphatic rings. The number of carbonyl (C=O) groups is 1. The molecule has 0 aliphatic carbocycles. The monoisotopic (exact) mass is 454 g/mol. The molecule has 2 N–H and O–H groups in total. The molecule has 1 atom stereocenters. The van der Waals surface area contributed by atoms with Crippen LogP contribution in [0.3, 0.4) is 0 Å². The Morgan fingerprint density at radius 2 is 2.03 bits per heavy atom. The van der Waals surface area contributed by atoms with Gasteiger partial charge in [-0.25, -0.2) is 0 Å². The van der Waals surface area contributed by atoms with Crippen LogP contribution in [0.15, 0.2) is 30.3 Å². The number of alkyl halides is 3. The van der Waals surface area contributed by atoms with Gasteiger partial charge in [0.1, 0.15) is 17.4 Å². The average molecular weight is 454 g/mol. The number of aromatic nitrogens is 2. The van der Waals surface area contributed by atoms with Gasteiger partial charge in [0.15, 0.2) is 0 Å². The molecule has 0 spiro atoms. The fraction of sp³-hybridized carbons (Fsp3) is 0.476. The van der Waals surface area contributed by atoms with E-state index in [0.29, 0.717) is 31.1 Å². The summed E-state index contributed by atoms with van der Waals surface area (Å²) in [6.45, 7) is 1.85. The topological polar surface area (TPSA) is 96.8 Å². The van der Waals surface area contributed by atoms with Crippen LogP contribution in [-0.2, 0) is 11.2 Å². The zero-order valence-corrected chi connectivity index (χ0v) is 17.6. The molecule has 1 aliphatic heterocycles. The number of anilines is 2. The highest BCUT2D eigenvalue weighted by Gasteiger charge is 2.31. The summed E-state index contributed by atoms with van der Waals surface area (Å²) in [7, 11) is 1.47. The number of aliphatic carboxylic acids is 1. The van der Waals surface area contributed by atoms with Crippen molar-refractivity contribution in [3.63, 3.8) is 0 Å². The standard InChI is InChI=1S/C21H25F3N4O4/c1-31-20-26-17(12-18(27-20)28-10-2-3-15(13-28)11-19(29)30)25-9-8-14-4-6-16(7-5-14)32-21(22,23)24/h4-7,12,15H,2-3,8-11,13H2,1H3,(H,29,30)(H,25,26,27)/t15-/m0/s1. The van der Waals surface area contributed by atoms with Crippen LogP contribution in [0.4, 0.5) is 24.8 Å². The molecule has 11 heteroatoms. The Morgan fingerprint density at radius 1 is 1.28 bits per heavy atom. The second kappa shape index (κ2) is 10.4. The highest BCUT2D eigenvalue weighted by atomic mass is 19.4. The average Bonchev–Trinajstić information content (AvgIpc) is 2.73. The van der Waals surface area contributed by atoms with E-state index in [1.165, 1.54) is 19.2 Å². The molecule has 1 aromatic heterocycles. The molecule has 1 saturated heterocycles. The van der Waals surface area contributed by atoms with Crippen molar-refractivity contribution in [2.45, 2.75) is 32.0 Å². The largest absolute Gasteiger partial charge is 0.573 e. The molecule has 3 rings (SSSR count). The lowest BCUT2D eigenvalue weighted by atomic mass is 9.95. The number of hydrogen-bond acceptors (Lipinski definition) is 7. The van der Waals surface area contributed by atoms with E-state index in [4.69, 9.17) is 9.84 Å². The minimum atomic E-state index is -4.71. The van der Waals surface area contributed by atoms with E-state index in [0.717, 1.165) is 24.9 Å². The lowest BCUT2D eigenvalue weighted by Gasteiger charge is -2.33. The van der Waals surface area contributed by atoms with Crippen molar-refractivity contribution in [3.8, 4) is 11.8 Å². The Morgan fingerprint density at radius 3 is 2.69 bits per heavy atom. The lowest BCUT2D eigenvalue weighted by molar-refractivity contribution is -0.274. The molecule has 0 bridgehead atoms. The Bertz CT molecular complexity index is 909. The van der Waals surface area contributed by atoms with E-state index >= 15 is 0 Å². The van der Waals surface area contributed by atoms with Crippen LogP contribution in [0.2, 0.25) is 0 Å². The molecule has 0 unspecified atom stereocenters. The number of benzene rings is 1. The van der Waals surface area contributed by atoms with Crippen molar-refractivity contribution in [1.82, 2.24) is 9.97 Å². The van der Waals surface area contributed by atoms with Gasteiger partial charge < -0.3 is 24.8 Å². The lowest BCUT2D eigenvalue weighted by Crippen LogP contribution is -2.37. The summed E-state index contributed by atoms with van der Waals surface area (Å²) in [6, 6.07) is 7.68. The smallest absolute Gasteiger partial charge is 0.481 e. The van der Waals surface area contributed by atoms with E-state index in [1.54, 1.807) is 18.2 Å². The maximum absolute atomic E-state index is 12.3. The second-order valence-electron chi connectivity index (χ2n) is 7.52. The van der Waals surface area contributed by atoms with Crippen molar-refractivity contribution >= 4 is 17.6 Å². The van der Waals surface area contributed by atoms with Gasteiger partial charge in [-0.15, -0.1) is 13.2 Å². The fourth-order valence-corrected chi connectivity index (χ4v) is 3.64. The minimum Gasteiger partial charge on any atom is -0.481 e. The third-order valence-electron chi connectivity index (χ3n) is 5.06. The number of nitrogens with zero attached hydrogens (tertiary/aromatic N) is 3. The van der Waals surface area contributed by atoms with Crippen LogP contribution >= 0.6 is 0 Å². The molecule has 8 nitrogen and oxygen atoms in total. The zero-order valence-electron chi connectivity index (χ0n) is 17.6. The summed E-state index contributed by atoms with van der Waals surface area (Å²) in [4.78, 5) is 21.8. The normalized spacial score (nSPS) is 16.5. The van der Waals surface area contributed by atoms with E-state index in [-0.39, 0.29) is 24.1 Å². The van der Waals surface area contributed by atoms with E-state index in [9.17, 15) is 18.0 Å². The molecule has 2 aromatic rings. The fourth-order valence-electron chi connectivity index (χ4n) is 3.64. The molecule has 2 heterocycles. The van der Waals surface area contributed by atoms with Gasteiger partial charge in [0.2, 0.25) is 0 Å². The molecule has 32 heavy (non-hydrogen) atoms. The Kier molecular flexibility index (Phi) is 7.60. The Balaban J connectivity index is 1.60. The predicted octanol–water partition coefficient (Wildman–Crippen LogP) is 3.73. The highest BCUT2D eigenvalue weighted by Crippen LogP contribution is 2.27. The van der Waals surface area contributed by atoms with Crippen molar-refractivity contribution < 1.29 is 32.5 Å². The van der Waals surface area contributed by atoms with E-state index in [2.05, 4.69) is 20.0 Å². The SMILES string of the molecule is COc1nc(NCCc2ccc(OC(F)(F)F)cc2)cc(N2CCC[C@@H](CC(=O)O)C2)n1. The Hall–Kier alpha value is -3.24. The molecule has 0 amide bonds. The van der Waals surface area contributed by atoms with Gasteiger partial charge in [0.05, 0.1) is 7.11 Å². The summed E-state index contributed by atoms with van der Waals surface area (Å²) in [5, 5.41) is 12.3. The number of nitrogens with one attached hydrogen (secondary N) is 1. The van der Waals surface area contributed by atoms with E-state index < -0.39 is 12.3 Å². The van der Waals surface area contributed by atoms with Crippen LogP contribution in [-0.4, -0.2) is 54.2 Å². The van der Waals surface area contributed by atoms with Crippen molar-refractivity contribution in [3.05, 3.63) is 35.9 Å². The first-order chi connectivity index (χ1) is 15.2. The molecule has 0 saturated carbocycles. The summed E-state index contributed by atoms with van der Waals surface area (Å²) < 4.78 is 45.8. The van der Waals surface area contributed by atoms with Gasteiger partial charge in [-0.2, -0.15) is 9.97 Å². The molecular formula is C21H25F3N4O4. The number of ether oxygens (including phenoxy) is 2. The molecular weight excluding hydrogens is 429 g/mol. The van der Waals surface area contributed by atoms with Gasteiger partial charge in [-0.05, 0) is 42.9 Å². The van der Waals surface area contributed by atoms with E-state index in [1.807, 2.05) is 4.90 Å². The summed E-state index contributed by atoms with van der Waals surface area (Å²) >= 11 is 0. The third-order valence-corrected chi connectivity index (χ3v) is 5.06. The van der Waals surface area contributed by atoms with Gasteiger partial charge in [0, 0.05) is 32.1 Å².